The van der Waals surface area contributed by atoms with Gasteiger partial charge >= 0.3 is 0 Å². The molecule has 2 atom stereocenters. The number of nitrogens with zero attached hydrogens (tertiary/aromatic N) is 8. The van der Waals surface area contributed by atoms with Crippen LogP contribution in [0.4, 0.5) is 0 Å². The van der Waals surface area contributed by atoms with Crippen LogP contribution in [-0.2, 0) is 18.5 Å². The smallest absolute Gasteiger partial charge is 0.166 e. The summed E-state index contributed by atoms with van der Waals surface area (Å²) in [5.74, 6) is 1.60. The van der Waals surface area contributed by atoms with Crippen molar-refractivity contribution in [3.05, 3.63) is 458 Å². The van der Waals surface area contributed by atoms with Gasteiger partial charge in [-0.05, 0) is 214 Å². The first-order chi connectivity index (χ1) is 67.7. The van der Waals surface area contributed by atoms with Gasteiger partial charge < -0.3 is 37.5 Å². The second kappa shape index (κ2) is 31.1. The molecular formula is C126H85N9O2. The summed E-state index contributed by atoms with van der Waals surface area (Å²) < 4.78 is 23.9. The van der Waals surface area contributed by atoms with Crippen LogP contribution in [0.25, 0.3) is 249 Å². The molecule has 0 spiro atoms. The first kappa shape index (κ1) is 78.2. The predicted octanol–water partition coefficient (Wildman–Crippen LogP) is 31.6. The van der Waals surface area contributed by atoms with E-state index in [0.717, 1.165) is 224 Å². The Morgan fingerprint density at radius 1 is 0.314 bits per heavy atom. The van der Waals surface area contributed by atoms with E-state index in [1.807, 2.05) is 6.07 Å². The summed E-state index contributed by atoms with van der Waals surface area (Å²) in [6, 6.07) is 150. The van der Waals surface area contributed by atoms with Crippen LogP contribution in [0, 0.1) is 0 Å². The van der Waals surface area contributed by atoms with Crippen molar-refractivity contribution in [2.45, 2.75) is 44.7 Å². The molecule has 0 saturated carbocycles. The van der Waals surface area contributed by atoms with Gasteiger partial charge in [0.15, 0.2) is 17.5 Å². The van der Waals surface area contributed by atoms with Crippen molar-refractivity contribution in [3.63, 3.8) is 0 Å². The van der Waals surface area contributed by atoms with Crippen molar-refractivity contribution >= 4 is 154 Å². The van der Waals surface area contributed by atoms with Gasteiger partial charge in [-0.3, -0.25) is 0 Å². The van der Waals surface area contributed by atoms with Gasteiger partial charge in [0, 0.05) is 123 Å². The number of allylic oxidation sites excluding steroid dienone is 2. The summed E-state index contributed by atoms with van der Waals surface area (Å²) >= 11 is 0. The molecule has 19 aromatic carbocycles. The Labute approximate surface area is 788 Å². The molecule has 0 radical (unpaired) electrons. The molecular weight excluding hydrogens is 1670 g/mol. The van der Waals surface area contributed by atoms with E-state index in [1.165, 1.54) is 55.2 Å². The lowest BCUT2D eigenvalue weighted by Gasteiger charge is -2.46. The van der Waals surface area contributed by atoms with E-state index in [-0.39, 0.29) is 0 Å². The van der Waals surface area contributed by atoms with Gasteiger partial charge in [0.2, 0.25) is 0 Å². The Morgan fingerprint density at radius 2 is 0.803 bits per heavy atom. The van der Waals surface area contributed by atoms with Crippen LogP contribution in [0.2, 0.25) is 0 Å². The van der Waals surface area contributed by atoms with Gasteiger partial charge in [-0.15, -0.1) is 0 Å². The number of hydrogen-bond donors (Lipinski definition) is 1. The van der Waals surface area contributed by atoms with Crippen LogP contribution in [0.3, 0.4) is 0 Å². The van der Waals surface area contributed by atoms with Crippen molar-refractivity contribution in [2.75, 3.05) is 0 Å². The highest BCUT2D eigenvalue weighted by Crippen LogP contribution is 2.50. The highest BCUT2D eigenvalue weighted by atomic mass is 16.3. The SMILES string of the molecule is CC1(c2cccc3c4c(n(-c5ccccc5)c23)C=CCC4)CCC=C(c2cc(-n3c4ccccc4c4cc5cc(-c6ccc7c(c6)c6cccc(-c8nc(-c9ccc(-c%10ccccc%10)cc9)nc(-c9cc(-n%10c%11ccccc%11c%11cc%12ccccc%12cc%11%10)cc%10oc%11ccccc%11c9%10)n8)c6n7-c6ccccc6)ccc5cc43)cc3oc4ccccc4c23)[N-][NH+]1Cc1cccc(-c2ccccc2)c1. The third kappa shape index (κ3) is 12.6. The molecule has 2 unspecified atom stereocenters. The Kier molecular flexibility index (Phi) is 17.7. The summed E-state index contributed by atoms with van der Waals surface area (Å²) in [6.07, 6.45) is 10.8. The Bertz CT molecular complexity index is 9570. The molecule has 8 heterocycles. The maximum Gasteiger partial charge on any atom is 0.166 e. The molecule has 1 aliphatic heterocycles. The van der Waals surface area contributed by atoms with Crippen molar-refractivity contribution < 1.29 is 13.8 Å². The van der Waals surface area contributed by atoms with Gasteiger partial charge in [-0.25, -0.2) is 15.0 Å². The minimum absolute atomic E-state index is 0.518. The number of rotatable bonds is 14. The number of aryl methyl sites for hydroxylation is 1. The number of fused-ring (bicyclic) bond motifs is 20. The lowest BCUT2D eigenvalue weighted by Crippen LogP contribution is -3.13. The number of aromatic nitrogens is 7. The van der Waals surface area contributed by atoms with Crippen LogP contribution in [0.5, 0.6) is 0 Å². The van der Waals surface area contributed by atoms with Crippen molar-refractivity contribution in [1.29, 1.82) is 0 Å². The second-order valence-corrected chi connectivity index (χ2v) is 37.1. The third-order valence-corrected chi connectivity index (χ3v) is 29.3. The zero-order chi connectivity index (χ0) is 90.1. The van der Waals surface area contributed by atoms with E-state index in [1.54, 1.807) is 0 Å². The van der Waals surface area contributed by atoms with Gasteiger partial charge in [0.1, 0.15) is 27.9 Å². The summed E-state index contributed by atoms with van der Waals surface area (Å²) in [5, 5.41) is 17.8. The molecule has 11 nitrogen and oxygen atoms in total. The summed E-state index contributed by atoms with van der Waals surface area (Å²) in [4.78, 5) is 17.1. The number of furan rings is 2. The third-order valence-electron chi connectivity index (χ3n) is 29.3. The summed E-state index contributed by atoms with van der Waals surface area (Å²) in [7, 11) is 0. The lowest BCUT2D eigenvalue weighted by molar-refractivity contribution is -0.934. The van der Waals surface area contributed by atoms with Crippen LogP contribution >= 0.6 is 0 Å². The maximum absolute atomic E-state index is 7.14. The fourth-order valence-electron chi connectivity index (χ4n) is 22.8. The molecule has 0 amide bonds. The minimum Gasteiger partial charge on any atom is -0.487 e. The molecule has 1 N–H and O–H groups in total. The quantitative estimate of drug-likeness (QED) is 0.117. The first-order valence-corrected chi connectivity index (χ1v) is 47.4. The predicted molar refractivity (Wildman–Crippen MR) is 565 cm³/mol. The average molecular weight is 1760 g/mol. The number of hydrogen-bond acceptors (Lipinski definition) is 5. The van der Waals surface area contributed by atoms with Gasteiger partial charge in [-0.2, -0.15) is 0 Å². The number of benzene rings is 19. The molecule has 0 saturated heterocycles. The van der Waals surface area contributed by atoms with Gasteiger partial charge in [0.05, 0.1) is 56.5 Å². The molecule has 0 fully saturated rings. The fraction of sp³-hybridized carbons (Fsp3) is 0.0556. The minimum atomic E-state index is -0.524. The van der Waals surface area contributed by atoms with Crippen LogP contribution in [-0.4, -0.2) is 33.2 Å². The summed E-state index contributed by atoms with van der Waals surface area (Å²) in [5.41, 5.74) is 37.1. The fourth-order valence-corrected chi connectivity index (χ4v) is 22.8. The molecule has 137 heavy (non-hydrogen) atoms. The lowest BCUT2D eigenvalue weighted by atomic mass is 9.84. The highest BCUT2D eigenvalue weighted by Gasteiger charge is 2.40. The normalized spacial score (nSPS) is 14.7. The van der Waals surface area contributed by atoms with Gasteiger partial charge in [-0.1, -0.05) is 303 Å². The molecule has 28 rings (SSSR count). The second-order valence-electron chi connectivity index (χ2n) is 37.1. The van der Waals surface area contributed by atoms with E-state index >= 15 is 0 Å². The van der Waals surface area contributed by atoms with E-state index < -0.39 is 5.54 Å². The van der Waals surface area contributed by atoms with Crippen LogP contribution < -0.4 is 5.01 Å². The molecule has 1 aliphatic carbocycles. The maximum atomic E-state index is 7.14. The van der Waals surface area contributed by atoms with Crippen molar-refractivity contribution in [3.8, 4) is 90.3 Å². The largest absolute Gasteiger partial charge is 0.487 e. The Balaban J connectivity index is 0.587. The Hall–Kier alpha value is -17.5. The molecule has 0 bridgehead atoms. The van der Waals surface area contributed by atoms with Crippen LogP contribution in [0.1, 0.15) is 54.1 Å². The number of para-hydroxylation sites is 8. The molecule has 26 aromatic rings. The van der Waals surface area contributed by atoms with Crippen LogP contribution in [0.15, 0.2) is 433 Å². The van der Waals surface area contributed by atoms with E-state index in [2.05, 4.69) is 450 Å². The molecule has 7 aromatic heterocycles. The van der Waals surface area contributed by atoms with E-state index in [4.69, 9.17) is 29.2 Å². The number of quaternary nitrogens is 1. The number of nitrogens with one attached hydrogen (secondary N) is 1. The molecule has 2 aliphatic rings. The Morgan fingerprint density at radius 3 is 1.50 bits per heavy atom. The molecule has 11 heteroatoms. The zero-order valence-corrected chi connectivity index (χ0v) is 74.9. The monoisotopic (exact) mass is 1760 g/mol. The topological polar surface area (TPSA) is 103 Å². The van der Waals surface area contributed by atoms with Gasteiger partial charge in [0.25, 0.3) is 0 Å². The van der Waals surface area contributed by atoms with E-state index in [0.29, 0.717) is 24.0 Å². The van der Waals surface area contributed by atoms with Crippen molar-refractivity contribution in [1.82, 2.24) is 33.2 Å². The average Bonchev–Trinajstić information content (AvgIpc) is 1.65. The van der Waals surface area contributed by atoms with E-state index in [9.17, 15) is 0 Å². The standard InChI is InChI=1S/C126H85N9O2/c1-126(107-50-28-48-97-94-42-16-23-54-111(94)135(122(97)107)91-40-12-5-13-41-91)65-29-51-108(130-131(126)77-78-30-26-37-83(66-78)80-33-8-3-9-34-80)105-73-92(75-117-119(105)99-45-19-24-55-115(99)136-117)132-110-53-22-18-44-96(110)103-70-89-67-86(61-62-88(89)72-114(103)132)87-63-64-112-104(69-87)98-47-27-49-101(121(98)134(112)90-38-10-4-11-39-90)124-127-123(82-59-57-81(58-60-82)79-31-6-2-7-32-79)128-125(129-124)106-74-93(76-118-120(106)100-46-20-25-56-116(100)137-118)133-109-52-21-17-43-95(109)102-68-84-35-14-15-36-85(84)71-113(102)133/h2-15,17-28,30-41,43-64,66-76,131H,16,29,42,65,77H2,1H3. The first-order valence-electron chi connectivity index (χ1n) is 47.4. The summed E-state index contributed by atoms with van der Waals surface area (Å²) in [6.45, 7) is 3.11. The molecule has 646 valence electrons. The highest BCUT2D eigenvalue weighted by molar-refractivity contribution is 6.20. The zero-order valence-electron chi connectivity index (χ0n) is 74.9. The van der Waals surface area contributed by atoms with Crippen molar-refractivity contribution in [2.24, 2.45) is 0 Å².